The first-order valence-electron chi connectivity index (χ1n) is 11.7. The van der Waals surface area contributed by atoms with Crippen molar-refractivity contribution in [2.24, 2.45) is 5.73 Å². The third-order valence-electron chi connectivity index (χ3n) is 4.93. The molecule has 2 N–H and O–H groups in total. The van der Waals surface area contributed by atoms with Gasteiger partial charge in [0, 0.05) is 19.3 Å². The van der Waals surface area contributed by atoms with Crippen molar-refractivity contribution in [3.05, 3.63) is 12.7 Å². The van der Waals surface area contributed by atoms with E-state index in [0.717, 1.165) is 64.2 Å². The minimum absolute atomic E-state index is 0. The predicted molar refractivity (Wildman–Crippen MR) is 122 cm³/mol. The van der Waals surface area contributed by atoms with Crippen molar-refractivity contribution in [2.45, 2.75) is 116 Å². The van der Waals surface area contributed by atoms with Gasteiger partial charge in [-0.15, -0.1) is 6.58 Å². The predicted octanol–water partition coefficient (Wildman–Crippen LogP) is -0.866. The first kappa shape index (κ1) is 38.2. The monoisotopic (exact) mass is 503 g/mol. The fraction of sp³-hybridized carbons (Fsp3) is 0.750. The maximum absolute atomic E-state index is 11.9. The second-order valence-electron chi connectivity index (χ2n) is 7.90. The molecule has 0 aliphatic heterocycles. The molecular weight excluding hydrogens is 460 g/mol. The summed E-state index contributed by atoms with van der Waals surface area (Å²) in [4.78, 5) is 46.9. The maximum Gasteiger partial charge on any atom is 1.00 e. The Morgan fingerprint density at radius 2 is 1.24 bits per heavy atom. The first-order valence-corrected chi connectivity index (χ1v) is 11.7. The third-order valence-corrected chi connectivity index (χ3v) is 4.93. The molecule has 0 rings (SSSR count). The van der Waals surface area contributed by atoms with E-state index >= 15 is 0 Å². The number of hydrogen-bond donors (Lipinski definition) is 1. The molecule has 1 unspecified atom stereocenters. The van der Waals surface area contributed by atoms with Gasteiger partial charge >= 0.3 is 105 Å². The van der Waals surface area contributed by atoms with Crippen molar-refractivity contribution in [1.29, 1.82) is 0 Å². The largest absolute Gasteiger partial charge is 1.00 e. The zero-order chi connectivity index (χ0) is 23.3. The summed E-state index contributed by atoms with van der Waals surface area (Å²) in [6.07, 6.45) is 14.0. The molecule has 0 aromatic rings. The zero-order valence-corrected chi connectivity index (χ0v) is 26.3. The molecular formula is C24H43KNNaO6. The Morgan fingerprint density at radius 1 is 0.788 bits per heavy atom. The van der Waals surface area contributed by atoms with Crippen molar-refractivity contribution in [2.75, 3.05) is 0 Å². The van der Waals surface area contributed by atoms with E-state index < -0.39 is 29.9 Å². The minimum Gasteiger partial charge on any atom is -1.00 e. The number of carbonyl (C=O) groups excluding carboxylic acids is 4. The molecule has 9 heteroatoms. The average Bonchev–Trinajstić information content (AvgIpc) is 2.73. The number of unbranched alkanes of at least 4 members (excludes halogenated alkanes) is 10. The van der Waals surface area contributed by atoms with Gasteiger partial charge in [0.1, 0.15) is 6.04 Å². The molecule has 0 aromatic heterocycles. The van der Waals surface area contributed by atoms with Crippen LogP contribution in [-0.4, -0.2) is 29.9 Å². The summed E-state index contributed by atoms with van der Waals surface area (Å²) in [7, 11) is 0. The second kappa shape index (κ2) is 27.2. The number of allylic oxidation sites excluding steroid dienone is 1. The summed E-state index contributed by atoms with van der Waals surface area (Å²) >= 11 is 0. The van der Waals surface area contributed by atoms with Crippen LogP contribution in [0.2, 0.25) is 0 Å². The van der Waals surface area contributed by atoms with E-state index in [1.165, 1.54) is 0 Å². The van der Waals surface area contributed by atoms with E-state index in [9.17, 15) is 19.2 Å². The van der Waals surface area contributed by atoms with Crippen molar-refractivity contribution < 1.29 is 112 Å². The van der Waals surface area contributed by atoms with Gasteiger partial charge in [-0.25, -0.2) is 4.79 Å². The summed E-state index contributed by atoms with van der Waals surface area (Å²) < 4.78 is 9.46. The van der Waals surface area contributed by atoms with E-state index in [1.807, 2.05) is 6.08 Å². The summed E-state index contributed by atoms with van der Waals surface area (Å²) in [5.74, 6) is -2.74. The minimum atomic E-state index is -1.11. The van der Waals surface area contributed by atoms with Gasteiger partial charge in [-0.05, 0) is 32.1 Å². The van der Waals surface area contributed by atoms with Crippen LogP contribution in [0.1, 0.15) is 113 Å². The molecule has 33 heavy (non-hydrogen) atoms. The van der Waals surface area contributed by atoms with Crippen LogP contribution >= 0.6 is 0 Å². The smallest absolute Gasteiger partial charge is 1.00 e. The van der Waals surface area contributed by atoms with Crippen LogP contribution in [0, 0.1) is 0 Å². The van der Waals surface area contributed by atoms with Crippen LogP contribution in [0.15, 0.2) is 12.7 Å². The number of nitrogens with two attached hydrogens (primary N) is 1. The molecule has 1 atom stereocenters. The normalized spacial score (nSPS) is 10.8. The first-order chi connectivity index (χ1) is 14.9. The molecule has 7 nitrogen and oxygen atoms in total. The van der Waals surface area contributed by atoms with Crippen LogP contribution in [0.4, 0.5) is 0 Å². The van der Waals surface area contributed by atoms with Gasteiger partial charge in [-0.3, -0.25) is 14.4 Å². The molecule has 0 saturated heterocycles. The van der Waals surface area contributed by atoms with Crippen molar-refractivity contribution in [3.63, 3.8) is 0 Å². The molecule has 0 amide bonds. The Kier molecular flexibility index (Phi) is 31.5. The molecule has 0 aromatic carbocycles. The van der Waals surface area contributed by atoms with Gasteiger partial charge in [0.2, 0.25) is 0 Å². The molecule has 0 aliphatic carbocycles. The maximum atomic E-state index is 11.9. The SMILES string of the molecule is C=CCCCCCCCCC(=O)OC(=O)C(N)CCC(=O)OC(=O)CCCCCCC.[H-].[H-].[K+].[Na+]. The molecule has 182 valence electrons. The molecule has 0 fully saturated rings. The van der Waals surface area contributed by atoms with Gasteiger partial charge in [0.05, 0.1) is 0 Å². The quantitative estimate of drug-likeness (QED) is 0.0802. The summed E-state index contributed by atoms with van der Waals surface area (Å²) in [6.45, 7) is 5.80. The molecule has 0 heterocycles. The van der Waals surface area contributed by atoms with E-state index in [-0.39, 0.29) is 109 Å². The Labute approximate surface area is 267 Å². The fourth-order valence-corrected chi connectivity index (χ4v) is 3.00. The van der Waals surface area contributed by atoms with Gasteiger partial charge in [0.15, 0.2) is 0 Å². The summed E-state index contributed by atoms with van der Waals surface area (Å²) in [5, 5.41) is 0. The Morgan fingerprint density at radius 3 is 1.79 bits per heavy atom. The van der Waals surface area contributed by atoms with E-state index in [4.69, 9.17) is 15.2 Å². The van der Waals surface area contributed by atoms with Crippen molar-refractivity contribution in [3.8, 4) is 0 Å². The summed E-state index contributed by atoms with van der Waals surface area (Å²) in [6, 6.07) is -1.11. The second-order valence-corrected chi connectivity index (χ2v) is 7.90. The molecule has 0 saturated carbocycles. The van der Waals surface area contributed by atoms with E-state index in [1.54, 1.807) is 0 Å². The van der Waals surface area contributed by atoms with Gasteiger partial charge in [-0.2, -0.15) is 0 Å². The third kappa shape index (κ3) is 25.5. The fourth-order valence-electron chi connectivity index (χ4n) is 3.00. The van der Waals surface area contributed by atoms with Crippen LogP contribution in [0.25, 0.3) is 0 Å². The van der Waals surface area contributed by atoms with Crippen molar-refractivity contribution >= 4 is 23.9 Å². The van der Waals surface area contributed by atoms with Crippen LogP contribution in [0.3, 0.4) is 0 Å². The molecule has 0 radical (unpaired) electrons. The van der Waals surface area contributed by atoms with Crippen molar-refractivity contribution in [1.82, 2.24) is 0 Å². The number of ether oxygens (including phenoxy) is 2. The van der Waals surface area contributed by atoms with E-state index in [2.05, 4.69) is 13.5 Å². The van der Waals surface area contributed by atoms with Crippen LogP contribution in [-0.2, 0) is 28.7 Å². The molecule has 0 bridgehead atoms. The number of hydrogen-bond acceptors (Lipinski definition) is 7. The topological polar surface area (TPSA) is 113 Å². The van der Waals surface area contributed by atoms with Crippen LogP contribution < -0.4 is 86.7 Å². The van der Waals surface area contributed by atoms with Crippen LogP contribution in [0.5, 0.6) is 0 Å². The van der Waals surface area contributed by atoms with Gasteiger partial charge < -0.3 is 18.1 Å². The average molecular weight is 504 g/mol. The Bertz CT molecular complexity index is 570. The van der Waals surface area contributed by atoms with Gasteiger partial charge in [0.25, 0.3) is 0 Å². The number of rotatable bonds is 19. The standard InChI is InChI=1S/C24H41NO6.K.Na.2H/c1-3-5-7-9-10-11-13-15-17-22(27)31-24(29)20(25)18-19-23(28)30-21(26)16-14-12-8-6-4-2;;;;/h3,20H,1,4-19,25H2,2H3;;;;/q;2*+1;2*-1. The number of esters is 4. The Hall–Kier alpha value is 0.616. The molecule has 0 spiro atoms. The van der Waals surface area contributed by atoms with E-state index in [0.29, 0.717) is 12.8 Å². The Balaban J connectivity index is -0.000000750. The van der Waals surface area contributed by atoms with Gasteiger partial charge in [-0.1, -0.05) is 64.4 Å². The number of carbonyl (C=O) groups is 4. The molecule has 0 aliphatic rings. The zero-order valence-electron chi connectivity index (χ0n) is 23.2. The summed E-state index contributed by atoms with van der Waals surface area (Å²) in [5.41, 5.74) is 5.68.